The maximum atomic E-state index is 13.2. The highest BCUT2D eigenvalue weighted by Gasteiger charge is 2.31. The van der Waals surface area contributed by atoms with Crippen molar-refractivity contribution in [1.29, 1.82) is 0 Å². The number of nitrogens with one attached hydrogen (secondary N) is 1. The van der Waals surface area contributed by atoms with E-state index in [1.807, 2.05) is 6.92 Å². The second kappa shape index (κ2) is 10.6. The molecule has 3 rings (SSSR count). The van der Waals surface area contributed by atoms with Gasteiger partial charge in [0.15, 0.2) is 11.0 Å². The third kappa shape index (κ3) is 5.96. The standard InChI is InChI=1S/C21H19Cl2F3N4OS/c1-2-3-9-32-20-29-28-18(12-27-19(31)16-8-7-14(22)11-17(16)23)30(20)15-6-4-5-13(10-15)21(24,25)26/h4-8,10-11H,2-3,9,12H2,1H3,(H,27,31). The van der Waals surface area contributed by atoms with E-state index in [0.717, 1.165) is 30.7 Å². The second-order valence-corrected chi connectivity index (χ2v) is 8.70. The number of alkyl halides is 3. The Morgan fingerprint density at radius 3 is 2.62 bits per heavy atom. The van der Waals surface area contributed by atoms with E-state index in [9.17, 15) is 18.0 Å². The fourth-order valence-corrected chi connectivity index (χ4v) is 4.37. The van der Waals surface area contributed by atoms with Crippen LogP contribution in [-0.4, -0.2) is 26.4 Å². The first-order valence-electron chi connectivity index (χ1n) is 9.68. The van der Waals surface area contributed by atoms with Gasteiger partial charge in [-0.05, 0) is 42.8 Å². The van der Waals surface area contributed by atoms with Gasteiger partial charge in [-0.1, -0.05) is 54.4 Å². The van der Waals surface area contributed by atoms with Crippen LogP contribution in [0.15, 0.2) is 47.6 Å². The van der Waals surface area contributed by atoms with Crippen LogP contribution < -0.4 is 5.32 Å². The maximum Gasteiger partial charge on any atom is 0.416 e. The molecule has 0 spiro atoms. The summed E-state index contributed by atoms with van der Waals surface area (Å²) in [5, 5.41) is 12.0. The van der Waals surface area contributed by atoms with Gasteiger partial charge in [-0.3, -0.25) is 9.36 Å². The first-order chi connectivity index (χ1) is 15.2. The van der Waals surface area contributed by atoms with Gasteiger partial charge >= 0.3 is 6.18 Å². The number of amides is 1. The number of aromatic nitrogens is 3. The van der Waals surface area contributed by atoms with Crippen LogP contribution in [0.4, 0.5) is 13.2 Å². The van der Waals surface area contributed by atoms with Crippen LogP contribution in [0.1, 0.15) is 41.5 Å². The van der Waals surface area contributed by atoms with Gasteiger partial charge in [-0.2, -0.15) is 13.2 Å². The molecule has 11 heteroatoms. The summed E-state index contributed by atoms with van der Waals surface area (Å²) in [4.78, 5) is 12.6. The Kier molecular flexibility index (Phi) is 8.08. The van der Waals surface area contributed by atoms with E-state index in [2.05, 4.69) is 15.5 Å². The summed E-state index contributed by atoms with van der Waals surface area (Å²) in [5.41, 5.74) is -0.299. The SMILES string of the molecule is CCCCSc1nnc(CNC(=O)c2ccc(Cl)cc2Cl)n1-c1cccc(C(F)(F)F)c1. The van der Waals surface area contributed by atoms with Gasteiger partial charge in [0.25, 0.3) is 5.91 Å². The van der Waals surface area contributed by atoms with Gasteiger partial charge in [-0.25, -0.2) is 0 Å². The molecule has 170 valence electrons. The normalized spacial score (nSPS) is 11.6. The Morgan fingerprint density at radius 1 is 1.16 bits per heavy atom. The molecule has 32 heavy (non-hydrogen) atoms. The number of benzene rings is 2. The minimum absolute atomic E-state index is 0.0601. The van der Waals surface area contributed by atoms with E-state index in [1.165, 1.54) is 40.6 Å². The molecule has 0 aliphatic carbocycles. The lowest BCUT2D eigenvalue weighted by Crippen LogP contribution is -2.25. The highest BCUT2D eigenvalue weighted by molar-refractivity contribution is 7.99. The molecule has 0 unspecified atom stereocenters. The highest BCUT2D eigenvalue weighted by atomic mass is 35.5. The van der Waals surface area contributed by atoms with Crippen LogP contribution in [0.3, 0.4) is 0 Å². The van der Waals surface area contributed by atoms with Gasteiger partial charge in [0, 0.05) is 10.8 Å². The third-order valence-corrected chi connectivity index (χ3v) is 6.01. The zero-order chi connectivity index (χ0) is 23.3. The summed E-state index contributed by atoms with van der Waals surface area (Å²) in [5.74, 6) is 0.563. The molecule has 0 saturated heterocycles. The Balaban J connectivity index is 1.90. The fraction of sp³-hybridized carbons (Fsp3) is 0.286. The van der Waals surface area contributed by atoms with Crippen LogP contribution in [0, 0.1) is 0 Å². The molecule has 3 aromatic rings. The highest BCUT2D eigenvalue weighted by Crippen LogP contribution is 2.32. The minimum atomic E-state index is -4.49. The van der Waals surface area contributed by atoms with Gasteiger partial charge in [0.1, 0.15) is 0 Å². The molecule has 0 radical (unpaired) electrons. The lowest BCUT2D eigenvalue weighted by Gasteiger charge is -2.13. The molecule has 1 heterocycles. The lowest BCUT2D eigenvalue weighted by atomic mass is 10.2. The lowest BCUT2D eigenvalue weighted by molar-refractivity contribution is -0.137. The van der Waals surface area contributed by atoms with Gasteiger partial charge in [0.2, 0.25) is 0 Å². The van der Waals surface area contributed by atoms with Crippen LogP contribution in [0.5, 0.6) is 0 Å². The zero-order valence-corrected chi connectivity index (χ0v) is 19.2. The topological polar surface area (TPSA) is 59.8 Å². The Hall–Kier alpha value is -2.23. The second-order valence-electron chi connectivity index (χ2n) is 6.79. The van der Waals surface area contributed by atoms with Crippen LogP contribution >= 0.6 is 35.0 Å². The van der Waals surface area contributed by atoms with Crippen molar-refractivity contribution in [2.45, 2.75) is 37.6 Å². The number of rotatable bonds is 8. The van der Waals surface area contributed by atoms with Crippen LogP contribution in [0.2, 0.25) is 10.0 Å². The molecule has 1 aromatic heterocycles. The summed E-state index contributed by atoms with van der Waals surface area (Å²) >= 11 is 13.3. The molecule has 0 aliphatic heterocycles. The molecule has 1 amide bonds. The number of carbonyl (C=O) groups excluding carboxylic acids is 1. The van der Waals surface area contributed by atoms with E-state index >= 15 is 0 Å². The van der Waals surface area contributed by atoms with Crippen molar-refractivity contribution in [3.8, 4) is 5.69 Å². The van der Waals surface area contributed by atoms with Crippen molar-refractivity contribution in [1.82, 2.24) is 20.1 Å². The van der Waals surface area contributed by atoms with Crippen LogP contribution in [-0.2, 0) is 12.7 Å². The van der Waals surface area contributed by atoms with Crippen molar-refractivity contribution >= 4 is 40.9 Å². The molecule has 1 N–H and O–H groups in total. The van der Waals surface area contributed by atoms with Gasteiger partial charge in [-0.15, -0.1) is 10.2 Å². The molecular weight excluding hydrogens is 484 g/mol. The van der Waals surface area contributed by atoms with Crippen molar-refractivity contribution in [3.05, 3.63) is 69.5 Å². The van der Waals surface area contributed by atoms with Crippen molar-refractivity contribution < 1.29 is 18.0 Å². The molecule has 0 bridgehead atoms. The Bertz CT molecular complexity index is 1100. The summed E-state index contributed by atoms with van der Waals surface area (Å²) < 4.78 is 41.3. The summed E-state index contributed by atoms with van der Waals surface area (Å²) in [6.45, 7) is 1.98. The van der Waals surface area contributed by atoms with Crippen LogP contribution in [0.25, 0.3) is 5.69 Å². The molecule has 0 saturated carbocycles. The molecule has 0 aliphatic rings. The molecule has 2 aromatic carbocycles. The molecule has 0 atom stereocenters. The molecule has 0 fully saturated rings. The monoisotopic (exact) mass is 502 g/mol. The van der Waals surface area contributed by atoms with Crippen molar-refractivity contribution in [3.63, 3.8) is 0 Å². The summed E-state index contributed by atoms with van der Waals surface area (Å²) in [7, 11) is 0. The van der Waals surface area contributed by atoms with E-state index in [4.69, 9.17) is 23.2 Å². The molecule has 5 nitrogen and oxygen atoms in total. The largest absolute Gasteiger partial charge is 0.416 e. The van der Waals surface area contributed by atoms with E-state index in [1.54, 1.807) is 6.07 Å². The predicted octanol–water partition coefficient (Wildman–Crippen LogP) is 6.42. The number of unbranched alkanes of at least 4 members (excludes halogenated alkanes) is 1. The van der Waals surface area contributed by atoms with Gasteiger partial charge in [0.05, 0.1) is 28.4 Å². The first kappa shape index (κ1) is 24.4. The van der Waals surface area contributed by atoms with Gasteiger partial charge < -0.3 is 5.32 Å². The molecular formula is C21H19Cl2F3N4OS. The number of thioether (sulfide) groups is 1. The zero-order valence-electron chi connectivity index (χ0n) is 16.9. The van der Waals surface area contributed by atoms with E-state index in [-0.39, 0.29) is 22.8 Å². The first-order valence-corrected chi connectivity index (χ1v) is 11.4. The Morgan fingerprint density at radius 2 is 1.94 bits per heavy atom. The van der Waals surface area contributed by atoms with E-state index < -0.39 is 17.6 Å². The average Bonchev–Trinajstić information content (AvgIpc) is 3.14. The van der Waals surface area contributed by atoms with E-state index in [0.29, 0.717) is 16.0 Å². The smallest absolute Gasteiger partial charge is 0.345 e. The predicted molar refractivity (Wildman–Crippen MR) is 120 cm³/mol. The Labute approximate surface area is 197 Å². The number of nitrogens with zero attached hydrogens (tertiary/aromatic N) is 3. The summed E-state index contributed by atoms with van der Waals surface area (Å²) in [6, 6.07) is 9.39. The number of hydrogen-bond donors (Lipinski definition) is 1. The maximum absolute atomic E-state index is 13.2. The van der Waals surface area contributed by atoms with Crippen molar-refractivity contribution in [2.24, 2.45) is 0 Å². The average molecular weight is 503 g/mol. The third-order valence-electron chi connectivity index (χ3n) is 4.44. The van der Waals surface area contributed by atoms with Crippen molar-refractivity contribution in [2.75, 3.05) is 5.75 Å². The number of hydrogen-bond acceptors (Lipinski definition) is 4. The minimum Gasteiger partial charge on any atom is -0.345 e. The fourth-order valence-electron chi connectivity index (χ4n) is 2.82. The number of halogens is 5. The number of carbonyl (C=O) groups is 1. The summed E-state index contributed by atoms with van der Waals surface area (Å²) in [6.07, 6.45) is -2.60. The quantitative estimate of drug-likeness (QED) is 0.285.